The minimum Gasteiger partial charge on any atom is -0.457 e. The normalized spacial score (nSPS) is 13.3. The molecule has 1 atom stereocenters. The SMILES string of the molecule is CC(O)(CN=C(N)Nc1cccc(Oc2ccccc2)c1)c1ccsc1.I. The number of ether oxygens (including phenoxy) is 1. The Morgan fingerprint density at radius 1 is 1.15 bits per heavy atom. The number of guanidine groups is 1. The second-order valence-electron chi connectivity index (χ2n) is 6.06. The maximum Gasteiger partial charge on any atom is 0.193 e. The third kappa shape index (κ3) is 6.23. The first-order chi connectivity index (χ1) is 12.5. The molecule has 0 saturated carbocycles. The summed E-state index contributed by atoms with van der Waals surface area (Å²) in [6.45, 7) is 1.89. The fourth-order valence-electron chi connectivity index (χ4n) is 2.35. The van der Waals surface area contributed by atoms with Crippen LogP contribution in [-0.4, -0.2) is 17.6 Å². The lowest BCUT2D eigenvalue weighted by atomic mass is 10.00. The number of aliphatic imine (C=N–C) groups is 1. The molecule has 3 rings (SSSR count). The number of nitrogens with two attached hydrogens (primary N) is 1. The van der Waals surface area contributed by atoms with Gasteiger partial charge in [-0.05, 0) is 53.6 Å². The predicted molar refractivity (Wildman–Crippen MR) is 122 cm³/mol. The zero-order valence-corrected chi connectivity index (χ0v) is 18.0. The molecule has 0 spiro atoms. The summed E-state index contributed by atoms with van der Waals surface area (Å²) in [5.41, 5.74) is 6.50. The fourth-order valence-corrected chi connectivity index (χ4v) is 3.13. The first-order valence-corrected chi connectivity index (χ1v) is 9.12. The number of anilines is 1. The fraction of sp³-hybridized carbons (Fsp3) is 0.150. The third-order valence-electron chi connectivity index (χ3n) is 3.79. The smallest absolute Gasteiger partial charge is 0.193 e. The number of halogens is 1. The van der Waals surface area contributed by atoms with Gasteiger partial charge in [-0.15, -0.1) is 24.0 Å². The van der Waals surface area contributed by atoms with Crippen LogP contribution >= 0.6 is 35.3 Å². The van der Waals surface area contributed by atoms with Gasteiger partial charge in [-0.2, -0.15) is 11.3 Å². The Bertz CT molecular complexity index is 868. The van der Waals surface area contributed by atoms with Gasteiger partial charge < -0.3 is 20.9 Å². The molecule has 0 aliphatic carbocycles. The van der Waals surface area contributed by atoms with Gasteiger partial charge in [-0.1, -0.05) is 24.3 Å². The highest BCUT2D eigenvalue weighted by molar-refractivity contribution is 14.0. The summed E-state index contributed by atoms with van der Waals surface area (Å²) >= 11 is 1.54. The number of hydrogen-bond donors (Lipinski definition) is 3. The molecule has 1 unspecified atom stereocenters. The van der Waals surface area contributed by atoms with Crippen LogP contribution in [0.25, 0.3) is 0 Å². The van der Waals surface area contributed by atoms with Crippen molar-refractivity contribution < 1.29 is 9.84 Å². The minimum atomic E-state index is -1.05. The number of rotatable bonds is 6. The molecule has 27 heavy (non-hydrogen) atoms. The van der Waals surface area contributed by atoms with E-state index in [9.17, 15) is 5.11 Å². The van der Waals surface area contributed by atoms with Gasteiger partial charge in [0.05, 0.1) is 6.54 Å². The highest BCUT2D eigenvalue weighted by Gasteiger charge is 2.23. The standard InChI is InChI=1S/C20H21N3O2S.HI/c1-20(24,15-10-11-26-13-15)14-22-19(21)23-16-6-5-9-18(12-16)25-17-7-3-2-4-8-17;/h2-13,24H,14H2,1H3,(H3,21,22,23);1H. The Morgan fingerprint density at radius 3 is 2.59 bits per heavy atom. The van der Waals surface area contributed by atoms with Crippen LogP contribution in [0, 0.1) is 0 Å². The van der Waals surface area contributed by atoms with Crippen molar-refractivity contribution in [3.63, 3.8) is 0 Å². The van der Waals surface area contributed by atoms with Gasteiger partial charge in [0.15, 0.2) is 5.96 Å². The lowest BCUT2D eigenvalue weighted by Gasteiger charge is -2.20. The summed E-state index contributed by atoms with van der Waals surface area (Å²) in [6, 6.07) is 18.9. The van der Waals surface area contributed by atoms with Crippen LogP contribution in [0.1, 0.15) is 12.5 Å². The summed E-state index contributed by atoms with van der Waals surface area (Å²) in [5.74, 6) is 1.69. The maximum atomic E-state index is 10.5. The summed E-state index contributed by atoms with van der Waals surface area (Å²) in [4.78, 5) is 4.26. The first-order valence-electron chi connectivity index (χ1n) is 8.18. The third-order valence-corrected chi connectivity index (χ3v) is 4.47. The number of thiophene rings is 1. The average Bonchev–Trinajstić information content (AvgIpc) is 3.17. The van der Waals surface area contributed by atoms with E-state index in [1.165, 1.54) is 11.3 Å². The van der Waals surface area contributed by atoms with Gasteiger partial charge >= 0.3 is 0 Å². The van der Waals surface area contributed by atoms with E-state index in [1.807, 2.05) is 71.4 Å². The Labute approximate surface area is 179 Å². The van der Waals surface area contributed by atoms with Crippen molar-refractivity contribution in [3.8, 4) is 11.5 Å². The molecule has 142 valence electrons. The zero-order chi connectivity index (χ0) is 18.4. The zero-order valence-electron chi connectivity index (χ0n) is 14.8. The van der Waals surface area contributed by atoms with Gasteiger partial charge in [-0.3, -0.25) is 0 Å². The molecule has 0 amide bonds. The monoisotopic (exact) mass is 495 g/mol. The molecule has 7 heteroatoms. The summed E-state index contributed by atoms with van der Waals surface area (Å²) in [6.07, 6.45) is 0. The average molecular weight is 495 g/mol. The van der Waals surface area contributed by atoms with E-state index in [0.717, 1.165) is 17.0 Å². The van der Waals surface area contributed by atoms with E-state index in [4.69, 9.17) is 10.5 Å². The second kappa shape index (κ2) is 9.72. The Morgan fingerprint density at radius 2 is 1.89 bits per heavy atom. The van der Waals surface area contributed by atoms with Crippen molar-refractivity contribution >= 4 is 47.0 Å². The van der Waals surface area contributed by atoms with Crippen LogP contribution in [0.15, 0.2) is 76.4 Å². The number of nitrogens with one attached hydrogen (secondary N) is 1. The quantitative estimate of drug-likeness (QED) is 0.261. The Kier molecular flexibility index (Phi) is 7.64. The largest absolute Gasteiger partial charge is 0.457 e. The van der Waals surface area contributed by atoms with Gasteiger partial charge in [0, 0.05) is 11.8 Å². The van der Waals surface area contributed by atoms with Gasteiger partial charge in [0.1, 0.15) is 17.1 Å². The molecule has 5 nitrogen and oxygen atoms in total. The van der Waals surface area contributed by atoms with E-state index in [0.29, 0.717) is 5.75 Å². The first kappa shape index (κ1) is 21.2. The second-order valence-corrected chi connectivity index (χ2v) is 6.84. The lowest BCUT2D eigenvalue weighted by molar-refractivity contribution is 0.0678. The molecule has 1 aromatic heterocycles. The van der Waals surface area contributed by atoms with Crippen molar-refractivity contribution in [1.82, 2.24) is 0 Å². The van der Waals surface area contributed by atoms with Gasteiger partial charge in [0.2, 0.25) is 0 Å². The maximum absolute atomic E-state index is 10.5. The summed E-state index contributed by atoms with van der Waals surface area (Å²) in [5, 5.41) is 17.3. The molecular weight excluding hydrogens is 473 g/mol. The molecule has 0 fully saturated rings. The topological polar surface area (TPSA) is 79.9 Å². The molecule has 0 radical (unpaired) electrons. The number of hydrogen-bond acceptors (Lipinski definition) is 4. The van der Waals surface area contributed by atoms with E-state index in [1.54, 1.807) is 6.92 Å². The van der Waals surface area contributed by atoms with Crippen molar-refractivity contribution in [2.45, 2.75) is 12.5 Å². The Hall–Kier alpha value is -2.10. The Balaban J connectivity index is 0.00000261. The van der Waals surface area contributed by atoms with Crippen LogP contribution in [0.3, 0.4) is 0 Å². The summed E-state index contributed by atoms with van der Waals surface area (Å²) < 4.78 is 5.80. The van der Waals surface area contributed by atoms with Crippen LogP contribution < -0.4 is 15.8 Å². The highest BCUT2D eigenvalue weighted by Crippen LogP contribution is 2.25. The van der Waals surface area contributed by atoms with Gasteiger partial charge in [-0.25, -0.2) is 4.99 Å². The molecule has 0 saturated heterocycles. The minimum absolute atomic E-state index is 0. The number of benzene rings is 2. The van der Waals surface area contributed by atoms with Crippen molar-refractivity contribution in [1.29, 1.82) is 0 Å². The molecule has 3 aromatic rings. The number of aliphatic hydroxyl groups is 1. The molecule has 4 N–H and O–H groups in total. The predicted octanol–water partition coefficient (Wildman–Crippen LogP) is 4.79. The number of nitrogens with zero attached hydrogens (tertiary/aromatic N) is 1. The molecule has 2 aromatic carbocycles. The molecule has 0 aliphatic heterocycles. The van der Waals surface area contributed by atoms with Crippen LogP contribution in [0.2, 0.25) is 0 Å². The van der Waals surface area contributed by atoms with E-state index >= 15 is 0 Å². The van der Waals surface area contributed by atoms with Crippen molar-refractivity contribution in [2.75, 3.05) is 11.9 Å². The van der Waals surface area contributed by atoms with Crippen LogP contribution in [0.4, 0.5) is 5.69 Å². The van der Waals surface area contributed by atoms with Crippen LogP contribution in [0.5, 0.6) is 11.5 Å². The van der Waals surface area contributed by atoms with Gasteiger partial charge in [0.25, 0.3) is 0 Å². The van der Waals surface area contributed by atoms with E-state index < -0.39 is 5.60 Å². The molecule has 0 bridgehead atoms. The van der Waals surface area contributed by atoms with Crippen LogP contribution in [-0.2, 0) is 5.60 Å². The molecule has 1 heterocycles. The highest BCUT2D eigenvalue weighted by atomic mass is 127. The molecule has 0 aliphatic rings. The number of para-hydroxylation sites is 1. The van der Waals surface area contributed by atoms with E-state index in [2.05, 4.69) is 10.3 Å². The lowest BCUT2D eigenvalue weighted by Crippen LogP contribution is -2.29. The van der Waals surface area contributed by atoms with Crippen molar-refractivity contribution in [2.24, 2.45) is 10.7 Å². The van der Waals surface area contributed by atoms with Crippen molar-refractivity contribution in [3.05, 3.63) is 77.0 Å². The van der Waals surface area contributed by atoms with E-state index in [-0.39, 0.29) is 36.5 Å². The summed E-state index contributed by atoms with van der Waals surface area (Å²) in [7, 11) is 0. The molecular formula is C20H22IN3O2S.